The van der Waals surface area contributed by atoms with E-state index in [1.165, 1.54) is 46.6 Å². The van der Waals surface area contributed by atoms with Crippen molar-refractivity contribution in [3.63, 3.8) is 0 Å². The summed E-state index contributed by atoms with van der Waals surface area (Å²) >= 11 is 4.14. The highest BCUT2D eigenvalue weighted by atomic mass is 32.2. The lowest BCUT2D eigenvalue weighted by Crippen LogP contribution is -2.13. The summed E-state index contributed by atoms with van der Waals surface area (Å²) in [5, 5.41) is 15.9. The van der Waals surface area contributed by atoms with E-state index in [0.29, 0.717) is 23.0 Å². The Morgan fingerprint density at radius 1 is 1.26 bits per heavy atom. The van der Waals surface area contributed by atoms with Crippen molar-refractivity contribution in [2.75, 3.05) is 17.7 Å². The first-order valence-corrected chi connectivity index (χ1v) is 11.9. The Kier molecular flexibility index (Phi) is 6.44. The number of non-ortho nitro benzene ring substituents is 1. The van der Waals surface area contributed by atoms with Crippen molar-refractivity contribution in [2.24, 2.45) is 0 Å². The zero-order valence-corrected chi connectivity index (χ0v) is 18.7. The van der Waals surface area contributed by atoms with Crippen LogP contribution in [0.3, 0.4) is 0 Å². The average molecular weight is 473 g/mol. The van der Waals surface area contributed by atoms with Crippen molar-refractivity contribution in [1.29, 1.82) is 0 Å². The third-order valence-corrected chi connectivity index (χ3v) is 7.00. The van der Waals surface area contributed by atoms with Crippen LogP contribution in [0.2, 0.25) is 0 Å². The van der Waals surface area contributed by atoms with E-state index in [2.05, 4.69) is 15.3 Å². The number of ether oxygens (including phenoxy) is 1. The molecule has 0 saturated heterocycles. The first-order chi connectivity index (χ1) is 15.0. The lowest BCUT2D eigenvalue weighted by molar-refractivity contribution is -0.384. The molecule has 31 heavy (non-hydrogen) atoms. The summed E-state index contributed by atoms with van der Waals surface area (Å²) in [6.45, 7) is 2.54. The van der Waals surface area contributed by atoms with Gasteiger partial charge in [-0.2, -0.15) is 0 Å². The van der Waals surface area contributed by atoms with Gasteiger partial charge >= 0.3 is 0 Å². The van der Waals surface area contributed by atoms with Crippen molar-refractivity contribution in [1.82, 2.24) is 9.97 Å². The summed E-state index contributed by atoms with van der Waals surface area (Å²) in [6, 6.07) is 12.0. The number of hydrogen-bond donors (Lipinski definition) is 1. The fraction of sp³-hybridized carbons (Fsp3) is 0.150. The van der Waals surface area contributed by atoms with E-state index in [9.17, 15) is 14.9 Å². The van der Waals surface area contributed by atoms with Crippen LogP contribution < -0.4 is 10.1 Å². The summed E-state index contributed by atoms with van der Waals surface area (Å²) in [5.41, 5.74) is 2.07. The van der Waals surface area contributed by atoms with Crippen molar-refractivity contribution in [2.45, 2.75) is 11.3 Å². The Bertz CT molecular complexity index is 1250. The van der Waals surface area contributed by atoms with Crippen molar-refractivity contribution >= 4 is 61.4 Å². The Balaban J connectivity index is 1.37. The van der Waals surface area contributed by atoms with E-state index >= 15 is 0 Å². The van der Waals surface area contributed by atoms with Crippen LogP contribution in [0.25, 0.3) is 21.5 Å². The molecule has 2 aromatic carbocycles. The smallest absolute Gasteiger partial charge is 0.270 e. The fourth-order valence-corrected chi connectivity index (χ4v) is 5.36. The number of carbonyl (C=O) groups is 1. The van der Waals surface area contributed by atoms with Gasteiger partial charge < -0.3 is 10.1 Å². The lowest BCUT2D eigenvalue weighted by Gasteiger charge is -2.00. The molecule has 0 bridgehead atoms. The number of thioether (sulfide) groups is 1. The number of nitrogens with zero attached hydrogens (tertiary/aromatic N) is 3. The third-order valence-electron chi connectivity index (χ3n) is 4.08. The molecule has 2 heterocycles. The van der Waals surface area contributed by atoms with Gasteiger partial charge in [0.15, 0.2) is 9.47 Å². The molecule has 158 valence electrons. The molecule has 2 aromatic heterocycles. The molecular weight excluding hydrogens is 456 g/mol. The maximum absolute atomic E-state index is 12.3. The van der Waals surface area contributed by atoms with Crippen LogP contribution in [0.15, 0.2) is 52.2 Å². The van der Waals surface area contributed by atoms with Crippen LogP contribution >= 0.6 is 34.4 Å². The van der Waals surface area contributed by atoms with Gasteiger partial charge in [0.2, 0.25) is 5.91 Å². The van der Waals surface area contributed by atoms with Gasteiger partial charge in [0, 0.05) is 23.1 Å². The van der Waals surface area contributed by atoms with E-state index in [-0.39, 0.29) is 17.3 Å². The highest BCUT2D eigenvalue weighted by molar-refractivity contribution is 8.01. The molecule has 0 radical (unpaired) electrons. The number of carbonyl (C=O) groups excluding carboxylic acids is 1. The second-order valence-electron chi connectivity index (χ2n) is 6.22. The standard InChI is InChI=1S/C20H16N4O4S3/c1-2-28-14-6-7-15-17(9-14)31-20(22-15)30-11-18(25)23-19-21-16(10-29-19)12-4-3-5-13(8-12)24(26)27/h3-10H,2,11H2,1H3,(H,21,23,25). The number of nitro benzene ring substituents is 1. The number of rotatable bonds is 8. The average Bonchev–Trinajstić information content (AvgIpc) is 3.39. The van der Waals surface area contributed by atoms with Crippen molar-refractivity contribution in [3.8, 4) is 17.0 Å². The molecule has 0 atom stereocenters. The molecule has 0 aliphatic rings. The summed E-state index contributed by atoms with van der Waals surface area (Å²) < 4.78 is 7.32. The molecule has 0 saturated carbocycles. The molecule has 11 heteroatoms. The van der Waals surface area contributed by atoms with Crippen molar-refractivity contribution in [3.05, 3.63) is 58.0 Å². The van der Waals surface area contributed by atoms with Crippen LogP contribution in [0.5, 0.6) is 5.75 Å². The molecule has 8 nitrogen and oxygen atoms in total. The Labute approximate surface area is 189 Å². The maximum atomic E-state index is 12.3. The molecular formula is C20H16N4O4S3. The van der Waals surface area contributed by atoms with Gasteiger partial charge in [0.1, 0.15) is 5.75 Å². The van der Waals surface area contributed by atoms with Gasteiger partial charge in [-0.25, -0.2) is 9.97 Å². The number of hydrogen-bond acceptors (Lipinski definition) is 9. The first-order valence-electron chi connectivity index (χ1n) is 9.18. The van der Waals surface area contributed by atoms with Gasteiger partial charge in [-0.3, -0.25) is 14.9 Å². The summed E-state index contributed by atoms with van der Waals surface area (Å²) in [7, 11) is 0. The zero-order chi connectivity index (χ0) is 21.8. The van der Waals surface area contributed by atoms with E-state index in [1.54, 1.807) is 17.5 Å². The Hall–Kier alpha value is -3.02. The van der Waals surface area contributed by atoms with Gasteiger partial charge in [0.05, 0.1) is 33.2 Å². The fourth-order valence-electron chi connectivity index (χ4n) is 2.73. The number of nitro groups is 1. The number of thiazole rings is 2. The highest BCUT2D eigenvalue weighted by Crippen LogP contribution is 2.32. The van der Waals surface area contributed by atoms with Gasteiger partial charge in [0.25, 0.3) is 5.69 Å². The molecule has 1 N–H and O–H groups in total. The lowest BCUT2D eigenvalue weighted by atomic mass is 10.1. The number of aromatic nitrogens is 2. The predicted molar refractivity (Wildman–Crippen MR) is 124 cm³/mol. The monoisotopic (exact) mass is 472 g/mol. The number of fused-ring (bicyclic) bond motifs is 1. The molecule has 0 aliphatic heterocycles. The number of benzene rings is 2. The molecule has 4 aromatic rings. The summed E-state index contributed by atoms with van der Waals surface area (Å²) in [6.07, 6.45) is 0. The predicted octanol–water partition coefficient (Wildman–Crippen LogP) is 5.46. The van der Waals surface area contributed by atoms with Crippen molar-refractivity contribution < 1.29 is 14.5 Å². The molecule has 0 spiro atoms. The highest BCUT2D eigenvalue weighted by Gasteiger charge is 2.13. The molecule has 0 aliphatic carbocycles. The minimum absolute atomic E-state index is 0.00306. The second-order valence-corrected chi connectivity index (χ2v) is 9.34. The van der Waals surface area contributed by atoms with Crippen LogP contribution in [0.1, 0.15) is 6.92 Å². The molecule has 1 amide bonds. The minimum Gasteiger partial charge on any atom is -0.494 e. The normalized spacial score (nSPS) is 10.9. The minimum atomic E-state index is -0.449. The van der Waals surface area contributed by atoms with E-state index < -0.39 is 4.92 Å². The van der Waals surface area contributed by atoms with E-state index in [1.807, 2.05) is 25.1 Å². The van der Waals surface area contributed by atoms with Crippen LogP contribution in [0.4, 0.5) is 10.8 Å². The largest absolute Gasteiger partial charge is 0.494 e. The Morgan fingerprint density at radius 3 is 2.94 bits per heavy atom. The Morgan fingerprint density at radius 2 is 2.13 bits per heavy atom. The van der Waals surface area contributed by atoms with Gasteiger partial charge in [-0.05, 0) is 25.1 Å². The van der Waals surface area contributed by atoms with Crippen LogP contribution in [-0.2, 0) is 4.79 Å². The number of anilines is 1. The first kappa shape index (κ1) is 21.2. The second kappa shape index (κ2) is 9.41. The quantitative estimate of drug-likeness (QED) is 0.206. The number of amides is 1. The zero-order valence-electron chi connectivity index (χ0n) is 16.2. The summed E-state index contributed by atoms with van der Waals surface area (Å²) in [4.78, 5) is 31.7. The molecule has 0 fully saturated rings. The van der Waals surface area contributed by atoms with Gasteiger partial charge in [-0.1, -0.05) is 23.9 Å². The third kappa shape index (κ3) is 5.19. The number of nitrogens with one attached hydrogen (secondary N) is 1. The van der Waals surface area contributed by atoms with Gasteiger partial charge in [-0.15, -0.1) is 22.7 Å². The van der Waals surface area contributed by atoms with Crippen LogP contribution in [-0.4, -0.2) is 33.2 Å². The van der Waals surface area contributed by atoms with E-state index in [4.69, 9.17) is 4.74 Å². The molecule has 4 rings (SSSR count). The molecule has 0 unspecified atom stereocenters. The maximum Gasteiger partial charge on any atom is 0.270 e. The van der Waals surface area contributed by atoms with Crippen LogP contribution in [0, 0.1) is 10.1 Å². The summed E-state index contributed by atoms with van der Waals surface area (Å²) in [5.74, 6) is 0.805. The van der Waals surface area contributed by atoms with E-state index in [0.717, 1.165) is 20.3 Å². The topological polar surface area (TPSA) is 107 Å². The SMILES string of the molecule is CCOc1ccc2nc(SCC(=O)Nc3nc(-c4cccc([N+](=O)[O-])c4)cs3)sc2c1.